The van der Waals surface area contributed by atoms with E-state index in [2.05, 4.69) is 19.9 Å². The summed E-state index contributed by atoms with van der Waals surface area (Å²) in [6.07, 6.45) is 5.73. The Morgan fingerprint density at radius 3 is 2.52 bits per heavy atom. The van der Waals surface area contributed by atoms with Crippen molar-refractivity contribution in [2.75, 3.05) is 49.1 Å². The number of aryl methyl sites for hydroxylation is 1. The van der Waals surface area contributed by atoms with Gasteiger partial charge < -0.3 is 19.2 Å². The first kappa shape index (κ1) is 15.9. The smallest absolute Gasteiger partial charge is 0.259 e. The summed E-state index contributed by atoms with van der Waals surface area (Å²) in [4.78, 5) is 28.0. The third-order valence-corrected chi connectivity index (χ3v) is 4.89. The molecule has 2 saturated heterocycles. The predicted molar refractivity (Wildman–Crippen MR) is 92.8 cm³/mol. The molecule has 2 aliphatic heterocycles. The van der Waals surface area contributed by atoms with E-state index in [1.54, 1.807) is 6.92 Å². The minimum Gasteiger partial charge on any atom is -0.361 e. The van der Waals surface area contributed by atoms with Gasteiger partial charge in [0.1, 0.15) is 17.1 Å². The van der Waals surface area contributed by atoms with Gasteiger partial charge in [0.05, 0.1) is 6.20 Å². The molecule has 0 aliphatic carbocycles. The zero-order valence-corrected chi connectivity index (χ0v) is 14.4. The average molecular weight is 342 g/mol. The Bertz CT molecular complexity index is 747. The van der Waals surface area contributed by atoms with Crippen molar-refractivity contribution in [3.8, 4) is 0 Å². The van der Waals surface area contributed by atoms with Crippen LogP contribution in [0.25, 0.3) is 0 Å². The molecular formula is C17H22N6O2. The monoisotopic (exact) mass is 342 g/mol. The third kappa shape index (κ3) is 3.16. The number of aromatic nitrogens is 3. The minimum absolute atomic E-state index is 0.0150. The van der Waals surface area contributed by atoms with Crippen LogP contribution in [0.1, 0.15) is 29.0 Å². The van der Waals surface area contributed by atoms with Crippen LogP contribution >= 0.6 is 0 Å². The van der Waals surface area contributed by atoms with Crippen LogP contribution in [-0.2, 0) is 0 Å². The minimum atomic E-state index is -0.0150. The summed E-state index contributed by atoms with van der Waals surface area (Å²) >= 11 is 0. The number of hydrogen-bond donors (Lipinski definition) is 0. The molecule has 2 aromatic heterocycles. The van der Waals surface area contributed by atoms with Crippen LogP contribution in [0.2, 0.25) is 0 Å². The Morgan fingerprint density at radius 2 is 1.84 bits per heavy atom. The fourth-order valence-corrected chi connectivity index (χ4v) is 3.40. The first-order valence-corrected chi connectivity index (χ1v) is 8.76. The van der Waals surface area contributed by atoms with Crippen molar-refractivity contribution in [2.45, 2.75) is 19.8 Å². The molecular weight excluding hydrogens is 320 g/mol. The Hall–Kier alpha value is -2.64. The molecule has 0 N–H and O–H groups in total. The zero-order valence-electron chi connectivity index (χ0n) is 14.4. The lowest BCUT2D eigenvalue weighted by Crippen LogP contribution is -2.49. The molecule has 25 heavy (non-hydrogen) atoms. The van der Waals surface area contributed by atoms with Gasteiger partial charge in [-0.1, -0.05) is 5.16 Å². The largest absolute Gasteiger partial charge is 0.361 e. The molecule has 0 spiro atoms. The van der Waals surface area contributed by atoms with Gasteiger partial charge in [-0.3, -0.25) is 4.79 Å². The molecule has 4 rings (SSSR count). The highest BCUT2D eigenvalue weighted by Crippen LogP contribution is 2.20. The zero-order chi connectivity index (χ0) is 17.2. The van der Waals surface area contributed by atoms with Crippen LogP contribution in [0.3, 0.4) is 0 Å². The van der Waals surface area contributed by atoms with Gasteiger partial charge in [0, 0.05) is 45.5 Å². The number of carbonyl (C=O) groups excluding carboxylic acids is 1. The first-order chi connectivity index (χ1) is 12.2. The van der Waals surface area contributed by atoms with E-state index in [0.29, 0.717) is 24.4 Å². The van der Waals surface area contributed by atoms with Gasteiger partial charge in [-0.15, -0.1) is 0 Å². The van der Waals surface area contributed by atoms with Gasteiger partial charge in [-0.25, -0.2) is 4.98 Å². The molecule has 0 unspecified atom stereocenters. The maximum Gasteiger partial charge on any atom is 0.259 e. The van der Waals surface area contributed by atoms with Crippen molar-refractivity contribution >= 4 is 17.7 Å². The van der Waals surface area contributed by atoms with E-state index in [1.165, 1.54) is 19.0 Å². The number of hydrogen-bond acceptors (Lipinski definition) is 7. The van der Waals surface area contributed by atoms with Gasteiger partial charge in [0.25, 0.3) is 5.91 Å². The second-order valence-electron chi connectivity index (χ2n) is 6.48. The first-order valence-electron chi connectivity index (χ1n) is 8.76. The number of piperazine rings is 1. The summed E-state index contributed by atoms with van der Waals surface area (Å²) < 4.78 is 5.00. The molecule has 2 aromatic rings. The van der Waals surface area contributed by atoms with Crippen molar-refractivity contribution in [1.82, 2.24) is 20.0 Å². The summed E-state index contributed by atoms with van der Waals surface area (Å²) in [7, 11) is 0. The van der Waals surface area contributed by atoms with E-state index in [0.717, 1.165) is 37.9 Å². The normalized spacial score (nSPS) is 18.0. The van der Waals surface area contributed by atoms with Crippen LogP contribution < -0.4 is 9.80 Å². The Balaban J connectivity index is 1.41. The molecule has 2 aliphatic rings. The van der Waals surface area contributed by atoms with E-state index in [4.69, 9.17) is 9.51 Å². The molecule has 8 nitrogen and oxygen atoms in total. The Morgan fingerprint density at radius 1 is 1.08 bits per heavy atom. The number of carbonyl (C=O) groups is 1. The maximum atomic E-state index is 12.5. The molecule has 0 saturated carbocycles. The summed E-state index contributed by atoms with van der Waals surface area (Å²) in [5.74, 6) is 2.30. The highest BCUT2D eigenvalue weighted by molar-refractivity contribution is 5.94. The summed E-state index contributed by atoms with van der Waals surface area (Å²) in [5, 5.41) is 3.69. The van der Waals surface area contributed by atoms with Crippen LogP contribution in [0, 0.1) is 6.92 Å². The van der Waals surface area contributed by atoms with E-state index in [1.807, 2.05) is 17.2 Å². The van der Waals surface area contributed by atoms with Gasteiger partial charge in [0.15, 0.2) is 0 Å². The van der Waals surface area contributed by atoms with Gasteiger partial charge in [-0.05, 0) is 25.8 Å². The molecule has 0 aromatic carbocycles. The molecule has 4 heterocycles. The second-order valence-corrected chi connectivity index (χ2v) is 6.48. The van der Waals surface area contributed by atoms with Crippen LogP contribution in [0.5, 0.6) is 0 Å². The predicted octanol–water partition coefficient (Wildman–Crippen LogP) is 1.34. The fourth-order valence-electron chi connectivity index (χ4n) is 3.40. The standard InChI is InChI=1S/C17H22N6O2/c1-13-14(12-19-25-13)16(24)22-10-8-21(9-11-22)15-4-5-18-17(20-15)23-6-2-3-7-23/h4-5,12H,2-3,6-11H2,1H3. The fraction of sp³-hybridized carbons (Fsp3) is 0.529. The lowest BCUT2D eigenvalue weighted by molar-refractivity contribution is 0.0744. The van der Waals surface area contributed by atoms with E-state index in [9.17, 15) is 4.79 Å². The van der Waals surface area contributed by atoms with E-state index in [-0.39, 0.29) is 5.91 Å². The molecule has 1 amide bonds. The van der Waals surface area contributed by atoms with Gasteiger partial charge in [0.2, 0.25) is 5.95 Å². The Kier molecular flexibility index (Phi) is 4.25. The number of rotatable bonds is 3. The van der Waals surface area contributed by atoms with Crippen molar-refractivity contribution in [1.29, 1.82) is 0 Å². The van der Waals surface area contributed by atoms with Crippen molar-refractivity contribution in [3.63, 3.8) is 0 Å². The van der Waals surface area contributed by atoms with E-state index >= 15 is 0 Å². The van der Waals surface area contributed by atoms with Crippen LogP contribution in [-0.4, -0.2) is 65.2 Å². The van der Waals surface area contributed by atoms with Crippen LogP contribution in [0.15, 0.2) is 23.0 Å². The molecule has 132 valence electrons. The summed E-state index contributed by atoms with van der Waals surface area (Å²) in [5.41, 5.74) is 0.548. The molecule has 0 bridgehead atoms. The highest BCUT2D eigenvalue weighted by atomic mass is 16.5. The number of anilines is 2. The lowest BCUT2D eigenvalue weighted by atomic mass is 10.2. The average Bonchev–Trinajstić information content (AvgIpc) is 3.33. The van der Waals surface area contributed by atoms with Crippen molar-refractivity contribution in [2.24, 2.45) is 0 Å². The molecule has 0 radical (unpaired) electrons. The third-order valence-electron chi connectivity index (χ3n) is 4.89. The van der Waals surface area contributed by atoms with Crippen molar-refractivity contribution < 1.29 is 9.32 Å². The summed E-state index contributed by atoms with van der Waals surface area (Å²) in [6, 6.07) is 1.95. The van der Waals surface area contributed by atoms with E-state index < -0.39 is 0 Å². The second kappa shape index (κ2) is 6.70. The van der Waals surface area contributed by atoms with Crippen molar-refractivity contribution in [3.05, 3.63) is 29.8 Å². The SMILES string of the molecule is Cc1oncc1C(=O)N1CCN(c2ccnc(N3CCCC3)n2)CC1. The lowest BCUT2D eigenvalue weighted by Gasteiger charge is -2.35. The number of amides is 1. The van der Waals surface area contributed by atoms with Gasteiger partial charge >= 0.3 is 0 Å². The highest BCUT2D eigenvalue weighted by Gasteiger charge is 2.26. The quantitative estimate of drug-likeness (QED) is 0.833. The topological polar surface area (TPSA) is 78.6 Å². The molecule has 0 atom stereocenters. The summed E-state index contributed by atoms with van der Waals surface area (Å²) in [6.45, 7) is 6.66. The molecule has 2 fully saturated rings. The number of nitrogens with zero attached hydrogens (tertiary/aromatic N) is 6. The molecule has 8 heteroatoms. The van der Waals surface area contributed by atoms with Crippen LogP contribution in [0.4, 0.5) is 11.8 Å². The maximum absolute atomic E-state index is 12.5. The Labute approximate surface area is 146 Å². The van der Waals surface area contributed by atoms with Gasteiger partial charge in [-0.2, -0.15) is 4.98 Å².